The number of amides is 2. The van der Waals surface area contributed by atoms with Gasteiger partial charge in [-0.15, -0.1) is 11.8 Å². The molecule has 0 radical (unpaired) electrons. The van der Waals surface area contributed by atoms with Gasteiger partial charge < -0.3 is 9.47 Å². The molecule has 0 aromatic heterocycles. The van der Waals surface area contributed by atoms with Crippen LogP contribution in [0.5, 0.6) is 0 Å². The highest BCUT2D eigenvalue weighted by molar-refractivity contribution is 8.02. The summed E-state index contributed by atoms with van der Waals surface area (Å²) in [5.74, 6) is -1.35. The Balaban J connectivity index is 1.78. The lowest BCUT2D eigenvalue weighted by atomic mass is 9.93. The van der Waals surface area contributed by atoms with Crippen molar-refractivity contribution in [3.8, 4) is 0 Å². The van der Waals surface area contributed by atoms with Gasteiger partial charge in [-0.1, -0.05) is 60.7 Å². The van der Waals surface area contributed by atoms with Crippen molar-refractivity contribution in [2.75, 3.05) is 0 Å². The second-order valence-electron chi connectivity index (χ2n) is 9.19. The summed E-state index contributed by atoms with van der Waals surface area (Å²) in [5, 5.41) is 3.57. The lowest BCUT2D eigenvalue weighted by molar-refractivity contribution is -0.175. The zero-order chi connectivity index (χ0) is 25.2. The maximum absolute atomic E-state index is 14.0. The Morgan fingerprint density at radius 3 is 2.14 bits per heavy atom. The molecule has 9 heteroatoms. The van der Waals surface area contributed by atoms with Crippen molar-refractivity contribution in [2.24, 2.45) is 0 Å². The summed E-state index contributed by atoms with van der Waals surface area (Å²) >= 11 is 1.23. The molecule has 1 saturated heterocycles. The molecule has 2 atom stereocenters. The van der Waals surface area contributed by atoms with Gasteiger partial charge in [0.25, 0.3) is 0 Å². The van der Waals surface area contributed by atoms with Gasteiger partial charge in [-0.3, -0.25) is 19.8 Å². The summed E-state index contributed by atoms with van der Waals surface area (Å²) < 4.78 is 11.4. The van der Waals surface area contributed by atoms with E-state index in [9.17, 15) is 19.2 Å². The van der Waals surface area contributed by atoms with Gasteiger partial charge in [-0.2, -0.15) is 0 Å². The molecule has 2 amide bonds. The number of nitrogens with zero attached hydrogens (tertiary/aromatic N) is 1. The predicted molar refractivity (Wildman–Crippen MR) is 130 cm³/mol. The van der Waals surface area contributed by atoms with Crippen LogP contribution >= 0.6 is 11.8 Å². The van der Waals surface area contributed by atoms with Crippen LogP contribution in [0.2, 0.25) is 0 Å². The summed E-state index contributed by atoms with van der Waals surface area (Å²) in [6, 6.07) is 18.2. The molecule has 182 valence electrons. The number of benzene rings is 2. The standard InChI is InChI=1S/C26H26N2O6S/c1-25(2,3)34-24(32)27-26(19(15-29)16-35-21-14-20(30)28(21)26)23(31)33-22(17-10-6-4-7-11-17)18-12-8-5-9-13-18/h4-13,15-16,21-22H,14H2,1-3H3,(H,27,32)/t21-,26-/m1/s1. The minimum atomic E-state index is -2.16. The maximum Gasteiger partial charge on any atom is 0.410 e. The fourth-order valence-corrected chi connectivity index (χ4v) is 5.18. The van der Waals surface area contributed by atoms with Crippen LogP contribution in [0.15, 0.2) is 71.6 Å². The number of ether oxygens (including phenoxy) is 2. The van der Waals surface area contributed by atoms with Gasteiger partial charge in [0.1, 0.15) is 5.60 Å². The molecule has 8 nitrogen and oxygen atoms in total. The number of carbonyl (C=O) groups is 4. The van der Waals surface area contributed by atoms with Crippen molar-refractivity contribution in [2.45, 2.75) is 49.9 Å². The number of esters is 1. The van der Waals surface area contributed by atoms with E-state index in [0.717, 1.165) is 0 Å². The molecule has 4 rings (SSSR count). The van der Waals surface area contributed by atoms with Gasteiger partial charge in [0.2, 0.25) is 11.6 Å². The normalized spacial score (nSPS) is 21.4. The molecule has 0 spiro atoms. The van der Waals surface area contributed by atoms with Crippen molar-refractivity contribution < 1.29 is 28.7 Å². The molecule has 2 aliphatic heterocycles. The summed E-state index contributed by atoms with van der Waals surface area (Å²) in [7, 11) is 0. The van der Waals surface area contributed by atoms with Crippen LogP contribution in [0.25, 0.3) is 0 Å². The van der Waals surface area contributed by atoms with Crippen molar-refractivity contribution in [3.63, 3.8) is 0 Å². The Bertz CT molecular complexity index is 1120. The molecule has 35 heavy (non-hydrogen) atoms. The number of aldehydes is 1. The zero-order valence-electron chi connectivity index (χ0n) is 19.6. The first-order valence-corrected chi connectivity index (χ1v) is 12.1. The van der Waals surface area contributed by atoms with E-state index in [2.05, 4.69) is 5.32 Å². The van der Waals surface area contributed by atoms with E-state index in [0.29, 0.717) is 17.4 Å². The van der Waals surface area contributed by atoms with Crippen molar-refractivity contribution >= 4 is 36.0 Å². The number of thioether (sulfide) groups is 1. The maximum atomic E-state index is 14.0. The zero-order valence-corrected chi connectivity index (χ0v) is 20.4. The second-order valence-corrected chi connectivity index (χ2v) is 10.2. The number of carbonyl (C=O) groups excluding carboxylic acids is 4. The number of hydrogen-bond donors (Lipinski definition) is 1. The average molecular weight is 495 g/mol. The van der Waals surface area contributed by atoms with Crippen LogP contribution in [0, 0.1) is 0 Å². The topological polar surface area (TPSA) is 102 Å². The lowest BCUT2D eigenvalue weighted by Crippen LogP contribution is -2.76. The number of alkyl carbamates (subject to hydrolysis) is 1. The van der Waals surface area contributed by atoms with Crippen LogP contribution in [0.4, 0.5) is 4.79 Å². The van der Waals surface area contributed by atoms with Gasteiger partial charge in [-0.25, -0.2) is 9.59 Å². The van der Waals surface area contributed by atoms with Crippen LogP contribution < -0.4 is 5.32 Å². The van der Waals surface area contributed by atoms with Gasteiger partial charge in [0.15, 0.2) is 12.4 Å². The average Bonchev–Trinajstić information content (AvgIpc) is 2.81. The molecular weight excluding hydrogens is 468 g/mol. The molecule has 0 aliphatic carbocycles. The monoisotopic (exact) mass is 494 g/mol. The van der Waals surface area contributed by atoms with E-state index >= 15 is 0 Å². The number of rotatable bonds is 6. The Labute approximate surface area is 207 Å². The number of fused-ring (bicyclic) bond motifs is 1. The highest BCUT2D eigenvalue weighted by Gasteiger charge is 2.62. The first kappa shape index (κ1) is 24.5. The second kappa shape index (κ2) is 9.58. The lowest BCUT2D eigenvalue weighted by Gasteiger charge is -2.53. The quantitative estimate of drug-likeness (QED) is 0.369. The SMILES string of the molecule is CC(C)(C)OC(=O)N[C@]1(C(=O)OC(c2ccccc2)c2ccccc2)C(C=O)=CS[C@@H]2CC(=O)N21. The van der Waals surface area contributed by atoms with Gasteiger partial charge >= 0.3 is 12.1 Å². The molecule has 2 heterocycles. The molecule has 2 aliphatic rings. The van der Waals surface area contributed by atoms with Gasteiger partial charge in [0.05, 0.1) is 17.4 Å². The largest absolute Gasteiger partial charge is 0.449 e. The van der Waals surface area contributed by atoms with E-state index in [1.165, 1.54) is 22.1 Å². The number of β-lactam (4-membered cyclic amide) rings is 1. The fraction of sp³-hybridized carbons (Fsp3) is 0.308. The van der Waals surface area contributed by atoms with Crippen LogP contribution in [0.3, 0.4) is 0 Å². The number of nitrogens with one attached hydrogen (secondary N) is 1. The fourth-order valence-electron chi connectivity index (χ4n) is 4.02. The smallest absolute Gasteiger partial charge is 0.410 e. The Morgan fingerprint density at radius 1 is 1.09 bits per heavy atom. The number of hydrogen-bond acceptors (Lipinski definition) is 7. The molecule has 0 unspecified atom stereocenters. The van der Waals surface area contributed by atoms with E-state index in [1.54, 1.807) is 20.8 Å². The van der Waals surface area contributed by atoms with Crippen molar-refractivity contribution in [1.29, 1.82) is 0 Å². The van der Waals surface area contributed by atoms with E-state index in [-0.39, 0.29) is 17.9 Å². The Morgan fingerprint density at radius 2 is 1.66 bits per heavy atom. The first-order valence-electron chi connectivity index (χ1n) is 11.1. The highest BCUT2D eigenvalue weighted by Crippen LogP contribution is 2.45. The molecule has 1 N–H and O–H groups in total. The van der Waals surface area contributed by atoms with Crippen LogP contribution in [0.1, 0.15) is 44.4 Å². The molecule has 0 bridgehead atoms. The van der Waals surface area contributed by atoms with Crippen molar-refractivity contribution in [1.82, 2.24) is 10.2 Å². The van der Waals surface area contributed by atoms with Crippen molar-refractivity contribution in [3.05, 3.63) is 82.8 Å². The minimum Gasteiger partial charge on any atom is -0.449 e. The van der Waals surface area contributed by atoms with Gasteiger partial charge in [-0.05, 0) is 37.3 Å². The first-order chi connectivity index (χ1) is 16.7. The molecule has 2 aromatic rings. The summed E-state index contributed by atoms with van der Waals surface area (Å²) in [6.07, 6.45) is -1.19. The minimum absolute atomic E-state index is 0.109. The summed E-state index contributed by atoms with van der Waals surface area (Å²) in [6.45, 7) is 5.01. The van der Waals surface area contributed by atoms with Gasteiger partial charge in [0, 0.05) is 0 Å². The third-order valence-electron chi connectivity index (χ3n) is 5.57. The van der Waals surface area contributed by atoms with Crippen LogP contribution in [-0.4, -0.2) is 45.8 Å². The predicted octanol–water partition coefficient (Wildman–Crippen LogP) is 3.93. The van der Waals surface area contributed by atoms with E-state index in [1.807, 2.05) is 60.7 Å². The van der Waals surface area contributed by atoms with E-state index in [4.69, 9.17) is 9.47 Å². The molecule has 2 aromatic carbocycles. The Kier molecular flexibility index (Phi) is 6.71. The van der Waals surface area contributed by atoms with Crippen LogP contribution in [-0.2, 0) is 23.9 Å². The molecule has 0 saturated carbocycles. The highest BCUT2D eigenvalue weighted by atomic mass is 32.2. The molecule has 1 fully saturated rings. The Hall–Kier alpha value is -3.59. The third-order valence-corrected chi connectivity index (χ3v) is 6.65. The van der Waals surface area contributed by atoms with E-state index < -0.39 is 34.8 Å². The molecular formula is C26H26N2O6S. The summed E-state index contributed by atoms with van der Waals surface area (Å²) in [5.41, 5.74) is -1.77. The third kappa shape index (κ3) is 4.81. The summed E-state index contributed by atoms with van der Waals surface area (Å²) in [4.78, 5) is 52.9.